The molecule has 2 rings (SSSR count). The Kier molecular flexibility index (Phi) is 9.78. The van der Waals surface area contributed by atoms with E-state index in [2.05, 4.69) is 20.4 Å². The van der Waals surface area contributed by atoms with Crippen molar-refractivity contribution in [3.8, 4) is 11.5 Å². The Morgan fingerprint density at radius 2 is 2.08 bits per heavy atom. The van der Waals surface area contributed by atoms with Gasteiger partial charge in [0.05, 0.1) is 26.5 Å². The Morgan fingerprint density at radius 3 is 2.69 bits per heavy atom. The number of methoxy groups -OCH3 is 1. The molecular formula is C17H22F2IN3O3. The summed E-state index contributed by atoms with van der Waals surface area (Å²) in [7, 11) is 1.46. The van der Waals surface area contributed by atoms with Crippen LogP contribution in [0.1, 0.15) is 18.2 Å². The minimum atomic E-state index is -2.92. The van der Waals surface area contributed by atoms with E-state index in [9.17, 15) is 8.78 Å². The summed E-state index contributed by atoms with van der Waals surface area (Å²) >= 11 is 0. The third-order valence-electron chi connectivity index (χ3n) is 3.25. The minimum Gasteiger partial charge on any atom is -0.497 e. The summed E-state index contributed by atoms with van der Waals surface area (Å²) in [6, 6.07) is 8.38. The van der Waals surface area contributed by atoms with Gasteiger partial charge in [-0.3, -0.25) is 0 Å². The molecule has 6 nitrogen and oxygen atoms in total. The number of hydrogen-bond acceptors (Lipinski definition) is 4. The van der Waals surface area contributed by atoms with Gasteiger partial charge in [-0.25, -0.2) is 4.99 Å². The summed E-state index contributed by atoms with van der Waals surface area (Å²) in [5.74, 6) is 1.78. The first-order valence-corrected chi connectivity index (χ1v) is 7.78. The topological polar surface area (TPSA) is 68.0 Å². The second kappa shape index (κ2) is 11.6. The number of rotatable bonds is 8. The smallest absolute Gasteiger partial charge is 0.387 e. The molecule has 0 fully saturated rings. The van der Waals surface area contributed by atoms with Crippen molar-refractivity contribution in [3.05, 3.63) is 47.9 Å². The van der Waals surface area contributed by atoms with Gasteiger partial charge in [-0.05, 0) is 31.2 Å². The average molecular weight is 481 g/mol. The zero-order chi connectivity index (χ0) is 18.1. The van der Waals surface area contributed by atoms with E-state index < -0.39 is 6.61 Å². The molecule has 2 aromatic rings. The quantitative estimate of drug-likeness (QED) is 0.342. The van der Waals surface area contributed by atoms with E-state index in [0.29, 0.717) is 30.4 Å². The fourth-order valence-electron chi connectivity index (χ4n) is 2.09. The third kappa shape index (κ3) is 7.06. The molecule has 0 radical (unpaired) electrons. The number of ether oxygens (including phenoxy) is 2. The van der Waals surface area contributed by atoms with Crippen molar-refractivity contribution >= 4 is 29.9 Å². The molecule has 0 unspecified atom stereocenters. The van der Waals surface area contributed by atoms with E-state index in [1.807, 2.05) is 13.0 Å². The summed E-state index contributed by atoms with van der Waals surface area (Å²) in [6.45, 7) is 0.303. The predicted molar refractivity (Wildman–Crippen MR) is 105 cm³/mol. The van der Waals surface area contributed by atoms with Crippen LogP contribution in [0.4, 0.5) is 8.78 Å². The number of furan rings is 1. The molecule has 26 heavy (non-hydrogen) atoms. The highest BCUT2D eigenvalue weighted by molar-refractivity contribution is 14.0. The molecule has 0 saturated heterocycles. The van der Waals surface area contributed by atoms with Crippen molar-refractivity contribution in [2.75, 3.05) is 13.7 Å². The fraction of sp³-hybridized carbons (Fsp3) is 0.353. The van der Waals surface area contributed by atoms with Gasteiger partial charge in [0.25, 0.3) is 0 Å². The summed E-state index contributed by atoms with van der Waals surface area (Å²) in [4.78, 5) is 4.39. The normalized spacial score (nSPS) is 11.0. The van der Waals surface area contributed by atoms with E-state index in [4.69, 9.17) is 9.15 Å². The number of hydrogen-bond donors (Lipinski definition) is 2. The number of nitrogens with zero attached hydrogens (tertiary/aromatic N) is 1. The van der Waals surface area contributed by atoms with Gasteiger partial charge < -0.3 is 24.5 Å². The van der Waals surface area contributed by atoms with Crippen molar-refractivity contribution in [1.29, 1.82) is 0 Å². The van der Waals surface area contributed by atoms with Gasteiger partial charge >= 0.3 is 6.61 Å². The number of aliphatic imine (C=N–C) groups is 1. The van der Waals surface area contributed by atoms with Crippen molar-refractivity contribution in [3.63, 3.8) is 0 Å². The first-order valence-electron chi connectivity index (χ1n) is 7.78. The molecule has 1 aromatic carbocycles. The third-order valence-corrected chi connectivity index (χ3v) is 3.25. The molecular weight excluding hydrogens is 459 g/mol. The number of benzene rings is 1. The Hall–Kier alpha value is -2.04. The molecule has 0 spiro atoms. The second-order valence-corrected chi connectivity index (χ2v) is 4.98. The molecule has 144 valence electrons. The summed E-state index contributed by atoms with van der Waals surface area (Å²) in [5.41, 5.74) is 0.524. The lowest BCUT2D eigenvalue weighted by atomic mass is 10.2. The van der Waals surface area contributed by atoms with Crippen LogP contribution in [0.5, 0.6) is 11.5 Å². The number of guanidine groups is 1. The highest BCUT2D eigenvalue weighted by Gasteiger charge is 2.11. The van der Waals surface area contributed by atoms with Gasteiger partial charge in [0, 0.05) is 18.2 Å². The molecule has 0 bridgehead atoms. The molecule has 0 aliphatic heterocycles. The van der Waals surface area contributed by atoms with Gasteiger partial charge in [-0.1, -0.05) is 0 Å². The van der Waals surface area contributed by atoms with Crippen LogP contribution in [0.25, 0.3) is 0 Å². The molecule has 0 aliphatic carbocycles. The highest BCUT2D eigenvalue weighted by Crippen LogP contribution is 2.27. The lowest BCUT2D eigenvalue weighted by Crippen LogP contribution is -2.36. The van der Waals surface area contributed by atoms with E-state index in [1.165, 1.54) is 13.2 Å². The van der Waals surface area contributed by atoms with E-state index in [0.717, 1.165) is 5.76 Å². The molecule has 1 heterocycles. The monoisotopic (exact) mass is 481 g/mol. The molecule has 0 aliphatic rings. The average Bonchev–Trinajstić information content (AvgIpc) is 3.11. The molecule has 0 atom stereocenters. The summed E-state index contributed by atoms with van der Waals surface area (Å²) < 4.78 is 40.1. The maximum atomic E-state index is 12.6. The van der Waals surface area contributed by atoms with Crippen LogP contribution in [-0.4, -0.2) is 26.2 Å². The van der Waals surface area contributed by atoms with Crippen molar-refractivity contribution < 1.29 is 22.7 Å². The summed E-state index contributed by atoms with van der Waals surface area (Å²) in [6.07, 6.45) is 1.59. The standard InChI is InChI=1S/C17H21F2N3O3.HI/c1-3-20-17(22-11-14-5-4-8-24-14)21-10-12-6-7-13(23-2)9-15(12)25-16(18)19;/h4-9,16H,3,10-11H2,1-2H3,(H2,20,21,22);1H. The van der Waals surface area contributed by atoms with Crippen molar-refractivity contribution in [2.45, 2.75) is 26.6 Å². The van der Waals surface area contributed by atoms with Crippen LogP contribution >= 0.6 is 24.0 Å². The minimum absolute atomic E-state index is 0. The molecule has 9 heteroatoms. The van der Waals surface area contributed by atoms with E-state index in [-0.39, 0.29) is 36.3 Å². The molecule has 0 saturated carbocycles. The van der Waals surface area contributed by atoms with E-state index >= 15 is 0 Å². The van der Waals surface area contributed by atoms with Crippen LogP contribution in [0.2, 0.25) is 0 Å². The Morgan fingerprint density at radius 1 is 1.27 bits per heavy atom. The lowest BCUT2D eigenvalue weighted by molar-refractivity contribution is -0.0505. The first-order chi connectivity index (χ1) is 12.1. The van der Waals surface area contributed by atoms with Gasteiger partial charge in [-0.2, -0.15) is 8.78 Å². The largest absolute Gasteiger partial charge is 0.497 e. The SMILES string of the molecule is CCNC(=NCc1ccc(OC)cc1OC(F)F)NCc1ccco1.I. The predicted octanol–water partition coefficient (Wildman–Crippen LogP) is 3.76. The zero-order valence-electron chi connectivity index (χ0n) is 14.5. The summed E-state index contributed by atoms with van der Waals surface area (Å²) in [5, 5.41) is 6.19. The Labute approximate surface area is 168 Å². The fourth-order valence-corrected chi connectivity index (χ4v) is 2.09. The van der Waals surface area contributed by atoms with Crippen molar-refractivity contribution in [2.24, 2.45) is 4.99 Å². The van der Waals surface area contributed by atoms with Gasteiger partial charge in [-0.15, -0.1) is 24.0 Å². The van der Waals surface area contributed by atoms with Crippen LogP contribution in [0.15, 0.2) is 46.0 Å². The number of nitrogens with one attached hydrogen (secondary N) is 2. The molecule has 2 N–H and O–H groups in total. The molecule has 0 amide bonds. The Bertz CT molecular complexity index is 682. The van der Waals surface area contributed by atoms with Crippen LogP contribution in [0.3, 0.4) is 0 Å². The highest BCUT2D eigenvalue weighted by atomic mass is 127. The van der Waals surface area contributed by atoms with Gasteiger partial charge in [0.2, 0.25) is 0 Å². The number of halogens is 3. The first kappa shape index (κ1) is 22.0. The van der Waals surface area contributed by atoms with Crippen LogP contribution in [0, 0.1) is 0 Å². The Balaban J connectivity index is 0.00000338. The van der Waals surface area contributed by atoms with Gasteiger partial charge in [0.1, 0.15) is 17.3 Å². The maximum absolute atomic E-state index is 12.6. The van der Waals surface area contributed by atoms with Gasteiger partial charge in [0.15, 0.2) is 5.96 Å². The van der Waals surface area contributed by atoms with Crippen LogP contribution in [-0.2, 0) is 13.1 Å². The van der Waals surface area contributed by atoms with Crippen LogP contribution < -0.4 is 20.1 Å². The number of alkyl halides is 2. The van der Waals surface area contributed by atoms with Crippen molar-refractivity contribution in [1.82, 2.24) is 10.6 Å². The zero-order valence-corrected chi connectivity index (χ0v) is 16.8. The maximum Gasteiger partial charge on any atom is 0.387 e. The molecule has 1 aromatic heterocycles. The second-order valence-electron chi connectivity index (χ2n) is 4.98. The lowest BCUT2D eigenvalue weighted by Gasteiger charge is -2.13. The van der Waals surface area contributed by atoms with E-state index in [1.54, 1.807) is 24.5 Å².